The number of amides is 3. The van der Waals surface area contributed by atoms with Crippen LogP contribution in [0, 0.1) is 5.92 Å². The molecule has 0 fully saturated rings. The van der Waals surface area contributed by atoms with E-state index < -0.39 is 39.3 Å². The molecule has 366 valence electrons. The molecule has 2 aliphatic rings. The van der Waals surface area contributed by atoms with Crippen molar-refractivity contribution in [3.05, 3.63) is 152 Å². The summed E-state index contributed by atoms with van der Waals surface area (Å²) in [6, 6.07) is 29.5. The largest absolute Gasteiger partial charge is 0.506 e. The topological polar surface area (TPSA) is 213 Å². The highest BCUT2D eigenvalue weighted by molar-refractivity contribution is 9.11. The predicted molar refractivity (Wildman–Crippen MR) is 280 cm³/mol. The number of aliphatic hydroxyl groups is 1. The SMILES string of the molecule is CCC(C)(C)c1ccc(OC(C)CCC2C=C(NS(=O)(=O)c3cccc(C(=O)NC4=NN(c5ccccc5)C(=O)C4=Nc4cc(Br)c(O)c(Br)c4)c3)c3ccccc3C2(O)C(N)=O)c(C(C)(C)CC)c1. The maximum absolute atomic E-state index is 14.3. The lowest BCUT2D eigenvalue weighted by Crippen LogP contribution is -2.49. The van der Waals surface area contributed by atoms with Crippen LogP contribution < -0.4 is 25.5 Å². The van der Waals surface area contributed by atoms with Gasteiger partial charge in [-0.25, -0.2) is 13.4 Å². The second-order valence-electron chi connectivity index (χ2n) is 18.8. The number of aromatic hydroxyl groups is 1. The number of nitrogens with zero attached hydrogens (tertiary/aromatic N) is 3. The first kappa shape index (κ1) is 51.7. The Balaban J connectivity index is 1.16. The third-order valence-corrected chi connectivity index (χ3v) is 15.9. The van der Waals surface area contributed by atoms with E-state index in [1.165, 1.54) is 48.0 Å². The van der Waals surface area contributed by atoms with E-state index in [1.54, 1.807) is 54.6 Å². The smallest absolute Gasteiger partial charge is 0.301 e. The van der Waals surface area contributed by atoms with Gasteiger partial charge in [-0.15, -0.1) is 5.10 Å². The summed E-state index contributed by atoms with van der Waals surface area (Å²) in [4.78, 5) is 45.3. The third kappa shape index (κ3) is 10.5. The van der Waals surface area contributed by atoms with Crippen molar-refractivity contribution in [1.29, 1.82) is 0 Å². The van der Waals surface area contributed by atoms with Gasteiger partial charge in [0.05, 0.1) is 37.0 Å². The van der Waals surface area contributed by atoms with Crippen LogP contribution >= 0.6 is 31.9 Å². The maximum Gasteiger partial charge on any atom is 0.301 e. The number of rotatable bonds is 16. The quantitative estimate of drug-likeness (QED) is 0.0640. The number of carbonyl (C=O) groups is 3. The first-order valence-electron chi connectivity index (χ1n) is 22.9. The number of aliphatic imine (C=N–C) groups is 1. The minimum absolute atomic E-state index is 0.0326. The summed E-state index contributed by atoms with van der Waals surface area (Å²) in [5.41, 5.74) is 6.69. The molecule has 7 rings (SSSR count). The van der Waals surface area contributed by atoms with Crippen molar-refractivity contribution in [1.82, 2.24) is 10.0 Å². The number of benzene rings is 5. The van der Waals surface area contributed by atoms with E-state index in [0.717, 1.165) is 29.2 Å². The fourth-order valence-corrected chi connectivity index (χ4v) is 10.6. The van der Waals surface area contributed by atoms with E-state index in [-0.39, 0.29) is 73.6 Å². The van der Waals surface area contributed by atoms with Crippen molar-refractivity contribution in [2.24, 2.45) is 21.7 Å². The Hall–Kier alpha value is -6.14. The van der Waals surface area contributed by atoms with Crippen LogP contribution in [0.2, 0.25) is 0 Å². The third-order valence-electron chi connectivity index (χ3n) is 13.3. The van der Waals surface area contributed by atoms with E-state index in [1.807, 2.05) is 13.0 Å². The van der Waals surface area contributed by atoms with Crippen LogP contribution in [0.5, 0.6) is 11.5 Å². The van der Waals surface area contributed by atoms with Gasteiger partial charge in [-0.05, 0) is 129 Å². The fraction of sp³-hybridized carbons (Fsp3) is 0.302. The number of anilines is 1. The Morgan fingerprint density at radius 3 is 2.23 bits per heavy atom. The normalized spacial score (nSPS) is 18.2. The van der Waals surface area contributed by atoms with Gasteiger partial charge in [0, 0.05) is 28.2 Å². The second kappa shape index (κ2) is 20.3. The summed E-state index contributed by atoms with van der Waals surface area (Å²) in [5.74, 6) is -2.96. The molecule has 6 N–H and O–H groups in total. The molecule has 0 bridgehead atoms. The summed E-state index contributed by atoms with van der Waals surface area (Å²) < 4.78 is 38.6. The molecule has 5 aromatic rings. The molecule has 17 heteroatoms. The number of hydrogen-bond acceptors (Lipinski definition) is 10. The average Bonchev–Trinajstić information content (AvgIpc) is 3.64. The first-order valence-corrected chi connectivity index (χ1v) is 25.9. The molecule has 5 aromatic carbocycles. The van der Waals surface area contributed by atoms with Gasteiger partial charge in [0.25, 0.3) is 21.8 Å². The number of carbonyl (C=O) groups excluding carboxylic acids is 3. The lowest BCUT2D eigenvalue weighted by molar-refractivity contribution is -0.142. The van der Waals surface area contributed by atoms with Crippen molar-refractivity contribution in [3.63, 3.8) is 0 Å². The molecule has 70 heavy (non-hydrogen) atoms. The highest BCUT2D eigenvalue weighted by Gasteiger charge is 2.48. The van der Waals surface area contributed by atoms with Gasteiger partial charge in [0.1, 0.15) is 11.5 Å². The van der Waals surface area contributed by atoms with Gasteiger partial charge in [0.15, 0.2) is 17.1 Å². The van der Waals surface area contributed by atoms with Gasteiger partial charge >= 0.3 is 5.91 Å². The molecular weight excluding hydrogens is 1040 g/mol. The van der Waals surface area contributed by atoms with Crippen molar-refractivity contribution < 1.29 is 37.8 Å². The van der Waals surface area contributed by atoms with Crippen molar-refractivity contribution >= 4 is 88.2 Å². The Labute approximate surface area is 425 Å². The summed E-state index contributed by atoms with van der Waals surface area (Å²) in [5, 5.41) is 30.6. The fourth-order valence-electron chi connectivity index (χ4n) is 8.28. The summed E-state index contributed by atoms with van der Waals surface area (Å²) >= 11 is 6.55. The molecule has 3 amide bonds. The number of sulfonamides is 1. The van der Waals surface area contributed by atoms with Crippen molar-refractivity contribution in [2.75, 3.05) is 5.01 Å². The van der Waals surface area contributed by atoms with Gasteiger partial charge in [0.2, 0.25) is 0 Å². The maximum atomic E-state index is 14.3. The van der Waals surface area contributed by atoms with E-state index in [4.69, 9.17) is 10.5 Å². The summed E-state index contributed by atoms with van der Waals surface area (Å²) in [6.45, 7) is 15.0. The number of hydrazone groups is 1. The molecule has 3 unspecified atom stereocenters. The highest BCUT2D eigenvalue weighted by Crippen LogP contribution is 2.44. The molecule has 0 aromatic heterocycles. The molecule has 3 atom stereocenters. The van der Waals surface area contributed by atoms with Crippen LogP contribution in [-0.2, 0) is 36.0 Å². The van der Waals surface area contributed by atoms with E-state index >= 15 is 0 Å². The average molecular weight is 1100 g/mol. The van der Waals surface area contributed by atoms with E-state index in [9.17, 15) is 33.0 Å². The molecule has 0 spiro atoms. The van der Waals surface area contributed by atoms with Crippen LogP contribution in [-0.4, -0.2) is 54.0 Å². The van der Waals surface area contributed by atoms with E-state index in [0.29, 0.717) is 21.1 Å². The molecule has 0 saturated heterocycles. The number of halogens is 2. The minimum Gasteiger partial charge on any atom is -0.506 e. The molecule has 1 aliphatic carbocycles. The van der Waals surface area contributed by atoms with E-state index in [2.05, 4.69) is 106 Å². The number of fused-ring (bicyclic) bond motifs is 1. The monoisotopic (exact) mass is 1090 g/mol. The molecule has 0 radical (unpaired) electrons. The van der Waals surface area contributed by atoms with Crippen LogP contribution in [0.4, 0.5) is 11.4 Å². The Bertz CT molecular complexity index is 3060. The number of nitrogens with two attached hydrogens (primary N) is 1. The minimum atomic E-state index is -4.46. The number of hydrogen-bond donors (Lipinski definition) is 5. The van der Waals surface area contributed by atoms with Crippen LogP contribution in [0.25, 0.3) is 5.70 Å². The number of amidine groups is 1. The van der Waals surface area contributed by atoms with Gasteiger partial charge in [-0.2, -0.15) is 5.01 Å². The summed E-state index contributed by atoms with van der Waals surface area (Å²) in [7, 11) is -4.46. The number of ether oxygens (including phenoxy) is 1. The highest BCUT2D eigenvalue weighted by atomic mass is 79.9. The zero-order valence-corrected chi connectivity index (χ0v) is 43.9. The van der Waals surface area contributed by atoms with Crippen LogP contribution in [0.15, 0.2) is 139 Å². The van der Waals surface area contributed by atoms with Gasteiger partial charge in [-0.1, -0.05) is 108 Å². The van der Waals surface area contributed by atoms with Crippen LogP contribution in [0.3, 0.4) is 0 Å². The zero-order chi connectivity index (χ0) is 50.9. The predicted octanol–water partition coefficient (Wildman–Crippen LogP) is 10.0. The number of phenols is 1. The van der Waals surface area contributed by atoms with Crippen molar-refractivity contribution in [2.45, 2.75) is 102 Å². The Morgan fingerprint density at radius 1 is 0.914 bits per heavy atom. The standard InChI is InChI=1S/C53H56Br2N6O8S/c1-8-51(4,5)33-24-25-44(40(27-33)52(6,7)9-2)69-31(3)22-23-34-28-43(38-20-13-14-21-39(38)53(34,66)50(56)65)60-70(67,68)37-19-15-16-32(26-37)48(63)58-47-45(57-35-29-41(54)46(62)42(55)30-35)49(64)61(59-47)36-17-11-10-12-18-36/h10-21,24-31,34,60,62,66H,8-9,22-23H2,1-7H3,(H2,56,65)(H,58,59,63). The van der Waals surface area contributed by atoms with Crippen molar-refractivity contribution in [3.8, 4) is 11.5 Å². The number of primary amides is 1. The van der Waals surface area contributed by atoms with Gasteiger partial charge < -0.3 is 26.0 Å². The molecule has 1 heterocycles. The lowest BCUT2D eigenvalue weighted by Gasteiger charge is -2.38. The molecule has 0 saturated carbocycles. The summed E-state index contributed by atoms with van der Waals surface area (Å²) in [6.07, 6.45) is 3.52. The number of nitrogens with one attached hydrogen (secondary N) is 2. The molecule has 1 aliphatic heterocycles. The lowest BCUT2D eigenvalue weighted by atomic mass is 9.72. The number of para-hydroxylation sites is 1. The van der Waals surface area contributed by atoms with Crippen LogP contribution in [0.1, 0.15) is 107 Å². The molecule has 14 nitrogen and oxygen atoms in total. The second-order valence-corrected chi connectivity index (χ2v) is 22.2. The van der Waals surface area contributed by atoms with Gasteiger partial charge in [-0.3, -0.25) is 19.1 Å². The Kier molecular flexibility index (Phi) is 15.0. The first-order chi connectivity index (χ1) is 33.0. The number of phenolic OH excluding ortho intramolecular Hbond substituents is 1. The Morgan fingerprint density at radius 2 is 1.57 bits per heavy atom. The molecular formula is C53H56Br2N6O8S. The zero-order valence-electron chi connectivity index (χ0n) is 39.9.